The molecule has 1 aliphatic carbocycles. The van der Waals surface area contributed by atoms with Crippen molar-refractivity contribution in [3.8, 4) is 0 Å². The van der Waals surface area contributed by atoms with Crippen LogP contribution < -0.4 is 0 Å². The van der Waals surface area contributed by atoms with Gasteiger partial charge in [0.2, 0.25) is 0 Å². The van der Waals surface area contributed by atoms with Crippen LogP contribution in [-0.4, -0.2) is 11.3 Å². The third-order valence-electron chi connectivity index (χ3n) is 5.09. The smallest absolute Gasteiger partial charge is 0.123 e. The molecule has 1 aliphatic rings. The minimum atomic E-state index is -0.860. The number of aliphatic imine (C=N–C) groups is 1. The highest BCUT2D eigenvalue weighted by Gasteiger charge is 2.16. The molecule has 0 radical (unpaired) electrons. The summed E-state index contributed by atoms with van der Waals surface area (Å²) in [6, 6.07) is 11.1. The van der Waals surface area contributed by atoms with Gasteiger partial charge in [0.25, 0.3) is 0 Å². The van der Waals surface area contributed by atoms with E-state index in [2.05, 4.69) is 18.0 Å². The number of hydrogen-bond acceptors (Lipinski definition) is 2. The Bertz CT molecular complexity index is 730. The molecule has 1 fully saturated rings. The molecule has 0 atom stereocenters. The Morgan fingerprint density at radius 2 is 1.39 bits per heavy atom. The molecular weight excluding hydrogens is 392 g/mol. The van der Waals surface area contributed by atoms with E-state index < -0.39 is 6.10 Å². The van der Waals surface area contributed by atoms with Crippen molar-refractivity contribution >= 4 is 6.21 Å². The van der Waals surface area contributed by atoms with Gasteiger partial charge < -0.3 is 5.11 Å². The lowest BCUT2D eigenvalue weighted by Crippen LogP contribution is -2.08. The van der Waals surface area contributed by atoms with E-state index in [-0.39, 0.29) is 11.6 Å². The summed E-state index contributed by atoms with van der Waals surface area (Å²) in [6.45, 7) is 8.19. The third kappa shape index (κ3) is 9.56. The second kappa shape index (κ2) is 15.5. The molecule has 0 bridgehead atoms. The van der Waals surface area contributed by atoms with Gasteiger partial charge in [-0.15, -0.1) is 0 Å². The molecule has 0 amide bonds. The molecule has 1 saturated carbocycles. The van der Waals surface area contributed by atoms with Crippen LogP contribution in [0.5, 0.6) is 0 Å². The predicted octanol–water partition coefficient (Wildman–Crippen LogP) is 8.02. The Morgan fingerprint density at radius 3 is 1.77 bits per heavy atom. The standard InChI is InChI=1S/C13H10F2O.C12H21N.C2H6/c14-11-5-1-9(2-6-11)13(16)10-3-7-12(15)8-4-10;1-3-8-12(13-4-2)11-9-6-5-7-10-11;1-2/h1-8,13,16H;4,8,11H,3,5-7,9-10H2,1-2H3;1-2H3/b;12-8-,13-4?;. The van der Waals surface area contributed by atoms with Crippen molar-refractivity contribution < 1.29 is 13.9 Å². The van der Waals surface area contributed by atoms with Gasteiger partial charge in [-0.25, -0.2) is 8.78 Å². The summed E-state index contributed by atoms with van der Waals surface area (Å²) in [4.78, 5) is 4.47. The predicted molar refractivity (Wildman–Crippen MR) is 127 cm³/mol. The van der Waals surface area contributed by atoms with E-state index in [0.717, 1.165) is 12.3 Å². The first-order valence-corrected chi connectivity index (χ1v) is 11.4. The van der Waals surface area contributed by atoms with E-state index in [9.17, 15) is 13.9 Å². The van der Waals surface area contributed by atoms with Crippen LogP contribution in [0.4, 0.5) is 8.78 Å². The van der Waals surface area contributed by atoms with Crippen molar-refractivity contribution in [2.24, 2.45) is 10.9 Å². The number of benzene rings is 2. The molecule has 3 rings (SSSR count). The highest BCUT2D eigenvalue weighted by molar-refractivity contribution is 5.55. The highest BCUT2D eigenvalue weighted by Crippen LogP contribution is 2.30. The maximum Gasteiger partial charge on any atom is 0.123 e. The van der Waals surface area contributed by atoms with Crippen molar-refractivity contribution in [2.45, 2.75) is 72.3 Å². The minimum absolute atomic E-state index is 0.352. The first-order chi connectivity index (χ1) is 15.0. The molecule has 31 heavy (non-hydrogen) atoms. The molecule has 0 saturated heterocycles. The number of hydrogen-bond donors (Lipinski definition) is 1. The second-order valence-corrected chi connectivity index (χ2v) is 7.27. The zero-order valence-electron chi connectivity index (χ0n) is 19.3. The first kappa shape index (κ1) is 26.7. The first-order valence-electron chi connectivity index (χ1n) is 11.4. The van der Waals surface area contributed by atoms with E-state index in [1.807, 2.05) is 27.0 Å². The van der Waals surface area contributed by atoms with Gasteiger partial charge in [0.05, 0.1) is 0 Å². The van der Waals surface area contributed by atoms with Crippen LogP contribution in [0.2, 0.25) is 0 Å². The van der Waals surface area contributed by atoms with Gasteiger partial charge in [0, 0.05) is 17.8 Å². The molecule has 2 nitrogen and oxygen atoms in total. The topological polar surface area (TPSA) is 32.6 Å². The van der Waals surface area contributed by atoms with Gasteiger partial charge in [0.1, 0.15) is 17.7 Å². The molecule has 0 spiro atoms. The van der Waals surface area contributed by atoms with Crippen molar-refractivity contribution in [3.63, 3.8) is 0 Å². The van der Waals surface area contributed by atoms with Crippen LogP contribution in [0.25, 0.3) is 0 Å². The van der Waals surface area contributed by atoms with Gasteiger partial charge >= 0.3 is 0 Å². The number of aliphatic hydroxyl groups is 1. The summed E-state index contributed by atoms with van der Waals surface area (Å²) in [7, 11) is 0. The SMILES string of the molecule is CC.CC=N/C(=C\CC)C1CCCCC1.OC(c1ccc(F)cc1)c1ccc(F)cc1. The van der Waals surface area contributed by atoms with Crippen LogP contribution >= 0.6 is 0 Å². The largest absolute Gasteiger partial charge is 0.384 e. The van der Waals surface area contributed by atoms with Crippen LogP contribution in [0, 0.1) is 17.6 Å². The van der Waals surface area contributed by atoms with E-state index in [4.69, 9.17) is 0 Å². The summed E-state index contributed by atoms with van der Waals surface area (Å²) in [5.74, 6) is 0.0509. The zero-order valence-corrected chi connectivity index (χ0v) is 19.3. The Labute approximate surface area is 186 Å². The van der Waals surface area contributed by atoms with Crippen LogP contribution in [0.3, 0.4) is 0 Å². The van der Waals surface area contributed by atoms with E-state index >= 15 is 0 Å². The normalized spacial score (nSPS) is 14.6. The monoisotopic (exact) mass is 429 g/mol. The number of halogens is 2. The Morgan fingerprint density at radius 1 is 0.935 bits per heavy atom. The fourth-order valence-electron chi connectivity index (χ4n) is 3.56. The summed E-state index contributed by atoms with van der Waals surface area (Å²) in [6.07, 6.45) is 11.4. The molecule has 0 unspecified atom stereocenters. The van der Waals surface area contributed by atoms with Crippen molar-refractivity contribution in [1.29, 1.82) is 0 Å². The van der Waals surface area contributed by atoms with E-state index in [1.165, 1.54) is 86.3 Å². The van der Waals surface area contributed by atoms with Gasteiger partial charge in [0.15, 0.2) is 0 Å². The molecule has 2 aromatic carbocycles. The number of aliphatic hydroxyl groups excluding tert-OH is 1. The van der Waals surface area contributed by atoms with Gasteiger partial charge in [-0.2, -0.15) is 0 Å². The average Bonchev–Trinajstić information content (AvgIpc) is 2.82. The summed E-state index contributed by atoms with van der Waals surface area (Å²) in [5, 5.41) is 9.93. The fraction of sp³-hybridized carbons (Fsp3) is 0.444. The summed E-state index contributed by atoms with van der Waals surface area (Å²) >= 11 is 0. The van der Waals surface area contributed by atoms with E-state index in [0.29, 0.717) is 11.1 Å². The lowest BCUT2D eigenvalue weighted by Gasteiger charge is -2.21. The molecule has 0 aromatic heterocycles. The third-order valence-corrected chi connectivity index (χ3v) is 5.09. The number of allylic oxidation sites excluding steroid dienone is 2. The Hall–Kier alpha value is -2.33. The molecule has 4 heteroatoms. The van der Waals surface area contributed by atoms with Crippen LogP contribution in [0.1, 0.15) is 83.5 Å². The minimum Gasteiger partial charge on any atom is -0.384 e. The summed E-state index contributed by atoms with van der Waals surface area (Å²) < 4.78 is 25.3. The highest BCUT2D eigenvalue weighted by atomic mass is 19.1. The Kier molecular flexibility index (Phi) is 13.3. The molecule has 0 aliphatic heterocycles. The lowest BCUT2D eigenvalue weighted by molar-refractivity contribution is 0.220. The van der Waals surface area contributed by atoms with E-state index in [1.54, 1.807) is 0 Å². The van der Waals surface area contributed by atoms with Crippen LogP contribution in [-0.2, 0) is 0 Å². The molecule has 2 aromatic rings. The van der Waals surface area contributed by atoms with Crippen LogP contribution in [0.15, 0.2) is 65.3 Å². The average molecular weight is 430 g/mol. The number of rotatable bonds is 5. The van der Waals surface area contributed by atoms with Crippen molar-refractivity contribution in [3.05, 3.63) is 83.1 Å². The number of nitrogens with zero attached hydrogens (tertiary/aromatic N) is 1. The molecule has 1 N–H and O–H groups in total. The van der Waals surface area contributed by atoms with Gasteiger partial charge in [-0.3, -0.25) is 4.99 Å². The van der Waals surface area contributed by atoms with Crippen molar-refractivity contribution in [1.82, 2.24) is 0 Å². The maximum atomic E-state index is 12.7. The van der Waals surface area contributed by atoms with Gasteiger partial charge in [-0.05, 0) is 61.6 Å². The fourth-order valence-corrected chi connectivity index (χ4v) is 3.56. The van der Waals surface area contributed by atoms with Crippen molar-refractivity contribution in [2.75, 3.05) is 0 Å². The zero-order chi connectivity index (χ0) is 23.1. The molecular formula is C27H37F2NO. The Balaban J connectivity index is 0.000000293. The second-order valence-electron chi connectivity index (χ2n) is 7.27. The van der Waals surface area contributed by atoms with Gasteiger partial charge in [-0.1, -0.05) is 70.4 Å². The quantitative estimate of drug-likeness (QED) is 0.479. The summed E-state index contributed by atoms with van der Waals surface area (Å²) in [5.41, 5.74) is 2.49. The molecule has 0 heterocycles. The maximum absolute atomic E-state index is 12.7. The lowest BCUT2D eigenvalue weighted by atomic mass is 9.86. The molecule has 170 valence electrons.